The van der Waals surface area contributed by atoms with Crippen molar-refractivity contribution in [3.05, 3.63) is 21.9 Å². The number of ether oxygens (including phenoxy) is 1. The molecule has 0 aromatic carbocycles. The van der Waals surface area contributed by atoms with E-state index >= 15 is 0 Å². The molecule has 2 aliphatic heterocycles. The third-order valence-corrected chi connectivity index (χ3v) is 5.21. The van der Waals surface area contributed by atoms with E-state index in [2.05, 4.69) is 23.7 Å². The lowest BCUT2D eigenvalue weighted by atomic mass is 9.75. The molecule has 16 heavy (non-hydrogen) atoms. The van der Waals surface area contributed by atoms with E-state index in [9.17, 15) is 0 Å². The fourth-order valence-electron chi connectivity index (χ4n) is 3.05. The van der Waals surface area contributed by atoms with Gasteiger partial charge in [0.2, 0.25) is 0 Å². The van der Waals surface area contributed by atoms with Gasteiger partial charge in [0, 0.05) is 4.88 Å². The van der Waals surface area contributed by atoms with E-state index in [4.69, 9.17) is 4.74 Å². The fraction of sp³-hybridized carbons (Fsp3) is 0.692. The lowest BCUT2D eigenvalue weighted by molar-refractivity contribution is -0.0689. The number of hydrogen-bond donors (Lipinski definition) is 1. The second-order valence-corrected chi connectivity index (χ2v) is 6.18. The molecule has 3 heterocycles. The Morgan fingerprint density at radius 1 is 1.56 bits per heavy atom. The first-order chi connectivity index (χ1) is 7.80. The molecule has 0 bridgehead atoms. The molecule has 0 spiro atoms. The van der Waals surface area contributed by atoms with Gasteiger partial charge in [-0.05, 0) is 55.8 Å². The van der Waals surface area contributed by atoms with Gasteiger partial charge in [-0.3, -0.25) is 0 Å². The highest BCUT2D eigenvalue weighted by molar-refractivity contribution is 7.10. The summed E-state index contributed by atoms with van der Waals surface area (Å²) in [6.07, 6.45) is 2.65. The summed E-state index contributed by atoms with van der Waals surface area (Å²) < 4.78 is 5.51. The Hall–Kier alpha value is -0.380. The van der Waals surface area contributed by atoms with E-state index < -0.39 is 0 Å². The Morgan fingerprint density at radius 2 is 2.44 bits per heavy atom. The van der Waals surface area contributed by atoms with Gasteiger partial charge in [0.25, 0.3) is 0 Å². The summed E-state index contributed by atoms with van der Waals surface area (Å²) >= 11 is 1.92. The van der Waals surface area contributed by atoms with Crippen LogP contribution in [0.4, 0.5) is 0 Å². The number of nitrogens with one attached hydrogen (secondary N) is 1. The van der Waals surface area contributed by atoms with E-state index in [0.29, 0.717) is 5.41 Å². The highest BCUT2D eigenvalue weighted by Gasteiger charge is 2.44. The Labute approximate surface area is 101 Å². The molecule has 2 saturated heterocycles. The topological polar surface area (TPSA) is 21.3 Å². The normalized spacial score (nSPS) is 27.9. The lowest BCUT2D eigenvalue weighted by Crippen LogP contribution is -2.48. The third kappa shape index (κ3) is 1.71. The molecule has 3 heteroatoms. The van der Waals surface area contributed by atoms with Crippen LogP contribution in [0.5, 0.6) is 0 Å². The Kier molecular flexibility index (Phi) is 2.78. The van der Waals surface area contributed by atoms with Crippen LogP contribution in [0.15, 0.2) is 11.4 Å². The standard InChI is InChI=1S/C13H19NOS/c1-10-3-5-16-12(10)13(8-15-9-13)6-11-2-4-14-7-11/h3,5,11,14H,2,4,6-9H2,1H3. The van der Waals surface area contributed by atoms with Crippen molar-refractivity contribution in [1.82, 2.24) is 5.32 Å². The molecule has 2 aliphatic rings. The second kappa shape index (κ2) is 4.13. The van der Waals surface area contributed by atoms with Gasteiger partial charge in [-0.2, -0.15) is 0 Å². The van der Waals surface area contributed by atoms with Gasteiger partial charge in [-0.15, -0.1) is 11.3 Å². The maximum Gasteiger partial charge on any atom is 0.0593 e. The molecule has 1 unspecified atom stereocenters. The number of thiophene rings is 1. The molecule has 0 radical (unpaired) electrons. The Bertz CT molecular complexity index is 364. The molecule has 0 saturated carbocycles. The van der Waals surface area contributed by atoms with E-state index in [0.717, 1.165) is 19.1 Å². The minimum atomic E-state index is 0.356. The Balaban J connectivity index is 1.80. The molecule has 0 amide bonds. The first-order valence-corrected chi connectivity index (χ1v) is 7.01. The van der Waals surface area contributed by atoms with E-state index in [-0.39, 0.29) is 0 Å². The van der Waals surface area contributed by atoms with Gasteiger partial charge in [0.05, 0.1) is 18.6 Å². The fourth-order valence-corrected chi connectivity index (χ4v) is 4.16. The minimum absolute atomic E-state index is 0.356. The van der Waals surface area contributed by atoms with Crippen LogP contribution in [-0.4, -0.2) is 26.3 Å². The maximum absolute atomic E-state index is 5.51. The minimum Gasteiger partial charge on any atom is -0.379 e. The van der Waals surface area contributed by atoms with Crippen molar-refractivity contribution in [3.63, 3.8) is 0 Å². The lowest BCUT2D eigenvalue weighted by Gasteiger charge is -2.43. The summed E-state index contributed by atoms with van der Waals surface area (Å²) in [7, 11) is 0. The zero-order chi connectivity index (χ0) is 11.0. The van der Waals surface area contributed by atoms with E-state index in [1.165, 1.54) is 31.5 Å². The van der Waals surface area contributed by atoms with E-state index in [1.54, 1.807) is 4.88 Å². The van der Waals surface area contributed by atoms with Gasteiger partial charge in [0.1, 0.15) is 0 Å². The van der Waals surface area contributed by atoms with Gasteiger partial charge >= 0.3 is 0 Å². The predicted octanol–water partition coefficient (Wildman–Crippen LogP) is 2.32. The zero-order valence-electron chi connectivity index (χ0n) is 9.79. The van der Waals surface area contributed by atoms with Crippen LogP contribution in [0, 0.1) is 12.8 Å². The largest absolute Gasteiger partial charge is 0.379 e. The number of rotatable bonds is 3. The van der Waals surface area contributed by atoms with Crippen molar-refractivity contribution >= 4 is 11.3 Å². The summed E-state index contributed by atoms with van der Waals surface area (Å²) in [6, 6.07) is 2.24. The third-order valence-electron chi connectivity index (χ3n) is 3.94. The van der Waals surface area contributed by atoms with Crippen molar-refractivity contribution in [2.45, 2.75) is 25.2 Å². The molecule has 3 rings (SSSR count). The second-order valence-electron chi connectivity index (χ2n) is 5.27. The van der Waals surface area contributed by atoms with E-state index in [1.807, 2.05) is 11.3 Å². The highest BCUT2D eigenvalue weighted by Crippen LogP contribution is 2.43. The van der Waals surface area contributed by atoms with Gasteiger partial charge in [0.15, 0.2) is 0 Å². The van der Waals surface area contributed by atoms with Crippen LogP contribution in [0.1, 0.15) is 23.3 Å². The van der Waals surface area contributed by atoms with Crippen LogP contribution < -0.4 is 5.32 Å². The summed E-state index contributed by atoms with van der Waals surface area (Å²) in [6.45, 7) is 6.51. The quantitative estimate of drug-likeness (QED) is 0.871. The molecule has 2 nitrogen and oxygen atoms in total. The molecule has 1 aromatic heterocycles. The average Bonchev–Trinajstić information content (AvgIpc) is 2.83. The molecule has 1 aromatic rings. The van der Waals surface area contributed by atoms with Crippen molar-refractivity contribution in [1.29, 1.82) is 0 Å². The van der Waals surface area contributed by atoms with Crippen LogP contribution in [0.3, 0.4) is 0 Å². The smallest absolute Gasteiger partial charge is 0.0593 e. The van der Waals surface area contributed by atoms with Crippen molar-refractivity contribution in [2.75, 3.05) is 26.3 Å². The SMILES string of the molecule is Cc1ccsc1C1(CC2CCNC2)COC1. The van der Waals surface area contributed by atoms with Crippen molar-refractivity contribution in [2.24, 2.45) is 5.92 Å². The summed E-state index contributed by atoms with van der Waals surface area (Å²) in [5.41, 5.74) is 1.81. The van der Waals surface area contributed by atoms with Gasteiger partial charge in [-0.1, -0.05) is 0 Å². The number of aryl methyl sites for hydroxylation is 1. The molecule has 1 N–H and O–H groups in total. The first kappa shape index (κ1) is 10.8. The molecule has 0 aliphatic carbocycles. The maximum atomic E-state index is 5.51. The van der Waals surface area contributed by atoms with Crippen LogP contribution in [0.25, 0.3) is 0 Å². The first-order valence-electron chi connectivity index (χ1n) is 6.13. The molecule has 88 valence electrons. The summed E-state index contributed by atoms with van der Waals surface area (Å²) in [4.78, 5) is 1.57. The van der Waals surface area contributed by atoms with Gasteiger partial charge < -0.3 is 10.1 Å². The average molecular weight is 237 g/mol. The number of hydrogen-bond acceptors (Lipinski definition) is 3. The highest BCUT2D eigenvalue weighted by atomic mass is 32.1. The zero-order valence-corrected chi connectivity index (χ0v) is 10.6. The molecular weight excluding hydrogens is 218 g/mol. The molecule has 2 fully saturated rings. The Morgan fingerprint density at radius 3 is 2.94 bits per heavy atom. The predicted molar refractivity (Wildman–Crippen MR) is 67.1 cm³/mol. The van der Waals surface area contributed by atoms with Crippen molar-refractivity contribution in [3.8, 4) is 0 Å². The van der Waals surface area contributed by atoms with Crippen molar-refractivity contribution < 1.29 is 4.74 Å². The molecule has 1 atom stereocenters. The van der Waals surface area contributed by atoms with Crippen LogP contribution >= 0.6 is 11.3 Å². The molecular formula is C13H19NOS. The summed E-state index contributed by atoms with van der Waals surface area (Å²) in [5.74, 6) is 0.852. The summed E-state index contributed by atoms with van der Waals surface area (Å²) in [5, 5.41) is 5.69. The van der Waals surface area contributed by atoms with Crippen LogP contribution in [0.2, 0.25) is 0 Å². The monoisotopic (exact) mass is 237 g/mol. The van der Waals surface area contributed by atoms with Crippen LogP contribution in [-0.2, 0) is 10.2 Å². The van der Waals surface area contributed by atoms with Gasteiger partial charge in [-0.25, -0.2) is 0 Å².